The van der Waals surface area contributed by atoms with Crippen molar-refractivity contribution in [1.82, 2.24) is 13.9 Å². The highest BCUT2D eigenvalue weighted by Crippen LogP contribution is 2.40. The number of pyridine rings is 1. The van der Waals surface area contributed by atoms with Crippen molar-refractivity contribution < 1.29 is 17.9 Å². The highest BCUT2D eigenvalue weighted by molar-refractivity contribution is 7.90. The molecule has 2 fully saturated rings. The number of amides is 1. The lowest BCUT2D eigenvalue weighted by Gasteiger charge is -2.52. The molecule has 0 saturated carbocycles. The average Bonchev–Trinajstić information content (AvgIpc) is 3.29. The lowest BCUT2D eigenvalue weighted by atomic mass is 9.80. The van der Waals surface area contributed by atoms with Gasteiger partial charge in [0.1, 0.15) is 5.60 Å². The second-order valence-corrected chi connectivity index (χ2v) is 13.2. The van der Waals surface area contributed by atoms with Gasteiger partial charge in [-0.25, -0.2) is 22.2 Å². The summed E-state index contributed by atoms with van der Waals surface area (Å²) in [6.45, 7) is 9.84. The number of aromatic nitrogens is 2. The Kier molecular flexibility index (Phi) is 6.46. The molecule has 5 rings (SSSR count). The maximum absolute atomic E-state index is 13.4. The topological polar surface area (TPSA) is 84.7 Å². The van der Waals surface area contributed by atoms with Crippen LogP contribution in [0.1, 0.15) is 58.4 Å². The fourth-order valence-corrected chi connectivity index (χ4v) is 7.04. The lowest BCUT2D eigenvalue weighted by Crippen LogP contribution is -2.63. The molecule has 9 heteroatoms. The van der Waals surface area contributed by atoms with Gasteiger partial charge in [0.2, 0.25) is 0 Å². The normalized spacial score (nSPS) is 21.0. The van der Waals surface area contributed by atoms with Gasteiger partial charge in [-0.15, -0.1) is 0 Å². The summed E-state index contributed by atoms with van der Waals surface area (Å²) >= 11 is 0. The zero-order chi connectivity index (χ0) is 26.4. The van der Waals surface area contributed by atoms with E-state index in [2.05, 4.69) is 9.88 Å². The Hall–Kier alpha value is -3.07. The molecular formula is C28H36N4O4S. The zero-order valence-electron chi connectivity index (χ0n) is 22.1. The number of nitrogens with zero attached hydrogens (tertiary/aromatic N) is 4. The average molecular weight is 525 g/mol. The molecule has 0 aliphatic carbocycles. The highest BCUT2D eigenvalue weighted by Gasteiger charge is 2.46. The maximum atomic E-state index is 13.4. The smallest absolute Gasteiger partial charge is 0.410 e. The van der Waals surface area contributed by atoms with Gasteiger partial charge in [0.25, 0.3) is 10.0 Å². The number of hydrogen-bond donors (Lipinski definition) is 0. The van der Waals surface area contributed by atoms with E-state index in [1.807, 2.05) is 44.7 Å². The molecule has 1 aromatic carbocycles. The van der Waals surface area contributed by atoms with Crippen LogP contribution in [-0.4, -0.2) is 59.1 Å². The van der Waals surface area contributed by atoms with E-state index in [9.17, 15) is 13.2 Å². The second kappa shape index (κ2) is 9.35. The minimum Gasteiger partial charge on any atom is -0.444 e. The molecular weight excluding hydrogens is 488 g/mol. The van der Waals surface area contributed by atoms with Crippen LogP contribution in [0.25, 0.3) is 11.0 Å². The van der Waals surface area contributed by atoms with Crippen LogP contribution >= 0.6 is 0 Å². The van der Waals surface area contributed by atoms with Crippen LogP contribution in [0.15, 0.2) is 53.7 Å². The summed E-state index contributed by atoms with van der Waals surface area (Å²) in [6.07, 6.45) is 7.86. The van der Waals surface area contributed by atoms with Crippen LogP contribution in [0.2, 0.25) is 0 Å². The number of anilines is 1. The van der Waals surface area contributed by atoms with Gasteiger partial charge in [-0.05, 0) is 84.1 Å². The van der Waals surface area contributed by atoms with Gasteiger partial charge in [-0.2, -0.15) is 0 Å². The first kappa shape index (κ1) is 25.6. The van der Waals surface area contributed by atoms with Gasteiger partial charge in [0, 0.05) is 43.1 Å². The van der Waals surface area contributed by atoms with Crippen molar-refractivity contribution >= 4 is 32.8 Å². The molecule has 37 heavy (non-hydrogen) atoms. The molecule has 0 N–H and O–H groups in total. The first-order valence-electron chi connectivity index (χ1n) is 13.0. The zero-order valence-corrected chi connectivity index (χ0v) is 22.9. The van der Waals surface area contributed by atoms with Crippen molar-refractivity contribution in [2.24, 2.45) is 0 Å². The number of rotatable bonds is 3. The Bertz CT molecular complexity index is 1400. The minimum atomic E-state index is -3.78. The number of likely N-dealkylation sites (tertiary alicyclic amines) is 1. The van der Waals surface area contributed by atoms with Crippen LogP contribution in [-0.2, 0) is 14.8 Å². The monoisotopic (exact) mass is 524 g/mol. The van der Waals surface area contributed by atoms with Crippen molar-refractivity contribution in [2.45, 2.75) is 75.8 Å². The van der Waals surface area contributed by atoms with Gasteiger partial charge in [0.05, 0.1) is 10.4 Å². The van der Waals surface area contributed by atoms with E-state index >= 15 is 0 Å². The SMILES string of the molecule is Cc1ccc(S(=O)(=O)n2ccc3c(N4CCCC5(CCCCN5C(=O)OC(C)(C)C)C4)ccnc32)cc1. The fraction of sp³-hybridized carbons (Fsp3) is 0.500. The van der Waals surface area contributed by atoms with Gasteiger partial charge < -0.3 is 14.5 Å². The number of benzene rings is 1. The van der Waals surface area contributed by atoms with Gasteiger partial charge in [-0.1, -0.05) is 17.7 Å². The molecule has 0 bridgehead atoms. The van der Waals surface area contributed by atoms with Crippen LogP contribution < -0.4 is 4.90 Å². The predicted octanol–water partition coefficient (Wildman–Crippen LogP) is 5.34. The molecule has 1 amide bonds. The fourth-order valence-electron chi connectivity index (χ4n) is 5.73. The first-order valence-corrected chi connectivity index (χ1v) is 14.5. The Morgan fingerprint density at radius 2 is 1.73 bits per heavy atom. The lowest BCUT2D eigenvalue weighted by molar-refractivity contribution is -0.0198. The third-order valence-corrected chi connectivity index (χ3v) is 9.15. The van der Waals surface area contributed by atoms with Crippen LogP contribution in [0, 0.1) is 6.92 Å². The van der Waals surface area contributed by atoms with E-state index in [0.717, 1.165) is 55.3 Å². The molecule has 1 spiro atoms. The standard InChI is InChI=1S/C28H36N4O4S/c1-21-8-10-22(11-9-21)37(34,35)32-19-13-23-24(12-16-29-25(23)32)30-17-7-15-28(20-30)14-5-6-18-31(28)26(33)36-27(2,3)4/h8-13,16,19H,5-7,14-15,17-18,20H2,1-4H3. The number of fused-ring (bicyclic) bond motifs is 1. The van der Waals surface area contributed by atoms with E-state index in [-0.39, 0.29) is 16.5 Å². The molecule has 0 radical (unpaired) electrons. The number of ether oxygens (including phenoxy) is 1. The number of carbonyl (C=O) groups excluding carboxylic acids is 1. The van der Waals surface area contributed by atoms with Gasteiger partial charge in [-0.3, -0.25) is 0 Å². The Labute approximate surface area is 219 Å². The van der Waals surface area contributed by atoms with Crippen molar-refractivity contribution in [1.29, 1.82) is 0 Å². The van der Waals surface area contributed by atoms with Crippen molar-refractivity contribution in [2.75, 3.05) is 24.5 Å². The van der Waals surface area contributed by atoms with Crippen LogP contribution in [0.5, 0.6) is 0 Å². The van der Waals surface area contributed by atoms with Crippen molar-refractivity contribution in [3.8, 4) is 0 Å². The van der Waals surface area contributed by atoms with E-state index in [0.29, 0.717) is 18.7 Å². The summed E-state index contributed by atoms with van der Waals surface area (Å²) in [5.41, 5.74) is 1.50. The first-order chi connectivity index (χ1) is 17.5. The summed E-state index contributed by atoms with van der Waals surface area (Å²) in [4.78, 5) is 22.2. The highest BCUT2D eigenvalue weighted by atomic mass is 32.2. The van der Waals surface area contributed by atoms with Gasteiger partial charge >= 0.3 is 6.09 Å². The van der Waals surface area contributed by atoms with E-state index in [4.69, 9.17) is 4.74 Å². The molecule has 1 unspecified atom stereocenters. The molecule has 8 nitrogen and oxygen atoms in total. The van der Waals surface area contributed by atoms with E-state index in [1.165, 1.54) is 3.97 Å². The number of carbonyl (C=O) groups is 1. The summed E-state index contributed by atoms with van der Waals surface area (Å²) in [5, 5.41) is 0.787. The summed E-state index contributed by atoms with van der Waals surface area (Å²) in [7, 11) is -3.78. The molecule has 3 aromatic rings. The molecule has 2 aromatic heterocycles. The molecule has 1 atom stereocenters. The predicted molar refractivity (Wildman–Crippen MR) is 144 cm³/mol. The maximum Gasteiger partial charge on any atom is 0.410 e. The number of hydrogen-bond acceptors (Lipinski definition) is 6. The quantitative estimate of drug-likeness (QED) is 0.460. The Morgan fingerprint density at radius 3 is 2.46 bits per heavy atom. The van der Waals surface area contributed by atoms with E-state index < -0.39 is 15.6 Å². The van der Waals surface area contributed by atoms with Gasteiger partial charge in [0.15, 0.2) is 5.65 Å². The molecule has 2 aliphatic heterocycles. The molecule has 4 heterocycles. The second-order valence-electron chi connectivity index (χ2n) is 11.3. The van der Waals surface area contributed by atoms with Crippen LogP contribution in [0.3, 0.4) is 0 Å². The molecule has 198 valence electrons. The van der Waals surface area contributed by atoms with Crippen molar-refractivity contribution in [3.63, 3.8) is 0 Å². The minimum absolute atomic E-state index is 0.231. The largest absolute Gasteiger partial charge is 0.444 e. The van der Waals surface area contributed by atoms with Crippen LogP contribution in [0.4, 0.5) is 10.5 Å². The molecule has 2 aliphatic rings. The third-order valence-electron chi connectivity index (χ3n) is 7.47. The summed E-state index contributed by atoms with van der Waals surface area (Å²) in [5.74, 6) is 0. The number of aryl methyl sites for hydroxylation is 1. The number of piperidine rings is 2. The molecule has 2 saturated heterocycles. The van der Waals surface area contributed by atoms with E-state index in [1.54, 1.807) is 36.7 Å². The Morgan fingerprint density at radius 1 is 1.00 bits per heavy atom. The third kappa shape index (κ3) is 4.81. The van der Waals surface area contributed by atoms with Crippen molar-refractivity contribution in [3.05, 3.63) is 54.4 Å². The summed E-state index contributed by atoms with van der Waals surface area (Å²) in [6, 6.07) is 10.6. The summed E-state index contributed by atoms with van der Waals surface area (Å²) < 4.78 is 33.9. The Balaban J connectivity index is 1.49.